The van der Waals surface area contributed by atoms with Gasteiger partial charge in [-0.3, -0.25) is 10.1 Å². The predicted molar refractivity (Wildman–Crippen MR) is 112 cm³/mol. The number of amides is 1. The van der Waals surface area contributed by atoms with Crippen molar-refractivity contribution in [1.29, 1.82) is 0 Å². The second-order valence-electron chi connectivity index (χ2n) is 6.59. The Balaban J connectivity index is 1.39. The zero-order chi connectivity index (χ0) is 21.1. The standard InChI is InChI=1S/C22H18FN3O3S/c1-13-18(14(2)29-26-13)11-28-16-9-7-15(8-10-16)21(27)25-22-24-20(12-30-22)17-5-3-4-6-19(17)23/h3-10,12H,11H2,1-2H3,(H,24,25,27). The molecule has 0 saturated carbocycles. The summed E-state index contributed by atoms with van der Waals surface area (Å²) >= 11 is 1.24. The molecule has 0 aliphatic heterocycles. The van der Waals surface area contributed by atoms with Crippen LogP contribution in [0.4, 0.5) is 9.52 Å². The average Bonchev–Trinajstić information content (AvgIpc) is 3.33. The highest BCUT2D eigenvalue weighted by Crippen LogP contribution is 2.27. The Morgan fingerprint density at radius 1 is 1.17 bits per heavy atom. The van der Waals surface area contributed by atoms with Crippen molar-refractivity contribution in [1.82, 2.24) is 10.1 Å². The van der Waals surface area contributed by atoms with Gasteiger partial charge in [-0.25, -0.2) is 9.37 Å². The van der Waals surface area contributed by atoms with Crippen LogP contribution in [-0.4, -0.2) is 16.0 Å². The molecule has 2 aromatic carbocycles. The van der Waals surface area contributed by atoms with Crippen LogP contribution in [0.3, 0.4) is 0 Å². The molecule has 8 heteroatoms. The molecule has 30 heavy (non-hydrogen) atoms. The fraction of sp³-hybridized carbons (Fsp3) is 0.136. The van der Waals surface area contributed by atoms with Gasteiger partial charge in [-0.2, -0.15) is 0 Å². The van der Waals surface area contributed by atoms with Crippen molar-refractivity contribution in [3.8, 4) is 17.0 Å². The number of aryl methyl sites for hydroxylation is 2. The lowest BCUT2D eigenvalue weighted by molar-refractivity contribution is 0.102. The van der Waals surface area contributed by atoms with Gasteiger partial charge in [0.15, 0.2) is 5.13 Å². The van der Waals surface area contributed by atoms with Gasteiger partial charge in [-0.1, -0.05) is 17.3 Å². The first kappa shape index (κ1) is 19.8. The smallest absolute Gasteiger partial charge is 0.257 e. The number of halogens is 1. The first-order chi connectivity index (χ1) is 14.5. The van der Waals surface area contributed by atoms with E-state index < -0.39 is 0 Å². The number of rotatable bonds is 6. The minimum atomic E-state index is -0.354. The van der Waals surface area contributed by atoms with E-state index in [4.69, 9.17) is 9.26 Å². The lowest BCUT2D eigenvalue weighted by Crippen LogP contribution is -2.11. The summed E-state index contributed by atoms with van der Waals surface area (Å²) in [5.41, 5.74) is 3.04. The molecule has 1 amide bonds. The number of thiazole rings is 1. The molecule has 152 valence electrons. The molecule has 4 rings (SSSR count). The number of anilines is 1. The van der Waals surface area contributed by atoms with Crippen LogP contribution in [0.15, 0.2) is 58.4 Å². The summed E-state index contributed by atoms with van der Waals surface area (Å²) in [5, 5.41) is 8.75. The predicted octanol–water partition coefficient (Wildman–Crippen LogP) is 5.39. The van der Waals surface area contributed by atoms with Crippen LogP contribution in [0.1, 0.15) is 27.4 Å². The van der Waals surface area contributed by atoms with Crippen molar-refractivity contribution in [2.45, 2.75) is 20.5 Å². The minimum absolute atomic E-state index is 0.304. The Hall–Kier alpha value is -3.52. The number of carbonyl (C=O) groups excluding carboxylic acids is 1. The van der Waals surface area contributed by atoms with E-state index in [0.29, 0.717) is 34.3 Å². The van der Waals surface area contributed by atoms with Crippen molar-refractivity contribution < 1.29 is 18.4 Å². The van der Waals surface area contributed by atoms with Gasteiger partial charge in [-0.05, 0) is 50.2 Å². The molecule has 2 heterocycles. The molecule has 4 aromatic rings. The highest BCUT2D eigenvalue weighted by atomic mass is 32.1. The monoisotopic (exact) mass is 423 g/mol. The Morgan fingerprint density at radius 3 is 2.63 bits per heavy atom. The van der Waals surface area contributed by atoms with E-state index in [1.54, 1.807) is 47.8 Å². The van der Waals surface area contributed by atoms with Gasteiger partial charge in [0.25, 0.3) is 5.91 Å². The lowest BCUT2D eigenvalue weighted by atomic mass is 10.2. The number of carbonyl (C=O) groups is 1. The van der Waals surface area contributed by atoms with Gasteiger partial charge >= 0.3 is 0 Å². The van der Waals surface area contributed by atoms with Crippen molar-refractivity contribution in [2.75, 3.05) is 5.32 Å². The molecule has 0 saturated heterocycles. The maximum atomic E-state index is 13.9. The van der Waals surface area contributed by atoms with E-state index in [0.717, 1.165) is 17.0 Å². The normalized spacial score (nSPS) is 10.8. The highest BCUT2D eigenvalue weighted by Gasteiger charge is 2.13. The molecule has 0 aliphatic carbocycles. The van der Waals surface area contributed by atoms with Crippen LogP contribution in [0.25, 0.3) is 11.3 Å². The summed E-state index contributed by atoms with van der Waals surface area (Å²) in [4.78, 5) is 16.8. The van der Waals surface area contributed by atoms with E-state index >= 15 is 0 Å². The average molecular weight is 423 g/mol. The molecule has 0 atom stereocenters. The summed E-state index contributed by atoms with van der Waals surface area (Å²) in [7, 11) is 0. The summed E-state index contributed by atoms with van der Waals surface area (Å²) in [5.74, 6) is 0.693. The van der Waals surface area contributed by atoms with E-state index in [9.17, 15) is 9.18 Å². The Labute approximate surface area is 176 Å². The second kappa shape index (κ2) is 8.46. The minimum Gasteiger partial charge on any atom is -0.489 e. The summed E-state index contributed by atoms with van der Waals surface area (Å²) in [6.45, 7) is 4.03. The summed E-state index contributed by atoms with van der Waals surface area (Å²) in [6, 6.07) is 13.2. The molecule has 0 bridgehead atoms. The third-order valence-electron chi connectivity index (χ3n) is 4.56. The Morgan fingerprint density at radius 2 is 1.93 bits per heavy atom. The largest absolute Gasteiger partial charge is 0.489 e. The maximum Gasteiger partial charge on any atom is 0.257 e. The van der Waals surface area contributed by atoms with Crippen LogP contribution in [0.5, 0.6) is 5.75 Å². The second-order valence-corrected chi connectivity index (χ2v) is 7.45. The SMILES string of the molecule is Cc1noc(C)c1COc1ccc(C(=O)Nc2nc(-c3ccccc3F)cs2)cc1. The summed E-state index contributed by atoms with van der Waals surface area (Å²) in [6.07, 6.45) is 0. The van der Waals surface area contributed by atoms with Gasteiger partial charge in [-0.15, -0.1) is 11.3 Å². The van der Waals surface area contributed by atoms with Crippen molar-refractivity contribution in [2.24, 2.45) is 0 Å². The molecule has 0 unspecified atom stereocenters. The number of hydrogen-bond acceptors (Lipinski definition) is 6. The number of nitrogens with one attached hydrogen (secondary N) is 1. The first-order valence-corrected chi connectivity index (χ1v) is 10.1. The van der Waals surface area contributed by atoms with Gasteiger partial charge in [0.2, 0.25) is 0 Å². The van der Waals surface area contributed by atoms with Crippen LogP contribution in [-0.2, 0) is 6.61 Å². The van der Waals surface area contributed by atoms with E-state index in [-0.39, 0.29) is 11.7 Å². The van der Waals surface area contributed by atoms with Crippen LogP contribution in [0, 0.1) is 19.7 Å². The molecular formula is C22H18FN3O3S. The summed E-state index contributed by atoms with van der Waals surface area (Å²) < 4.78 is 24.8. The van der Waals surface area contributed by atoms with Gasteiger partial charge < -0.3 is 9.26 Å². The van der Waals surface area contributed by atoms with Crippen molar-refractivity contribution >= 4 is 22.4 Å². The van der Waals surface area contributed by atoms with Gasteiger partial charge in [0.1, 0.15) is 23.9 Å². The third kappa shape index (κ3) is 4.23. The van der Waals surface area contributed by atoms with E-state index in [2.05, 4.69) is 15.5 Å². The fourth-order valence-corrected chi connectivity index (χ4v) is 3.56. The molecular weight excluding hydrogens is 405 g/mol. The zero-order valence-electron chi connectivity index (χ0n) is 16.3. The number of aromatic nitrogens is 2. The third-order valence-corrected chi connectivity index (χ3v) is 5.31. The van der Waals surface area contributed by atoms with Crippen LogP contribution >= 0.6 is 11.3 Å². The van der Waals surface area contributed by atoms with Crippen molar-refractivity contribution in [3.05, 3.63) is 82.3 Å². The molecule has 0 fully saturated rings. The van der Waals surface area contributed by atoms with Crippen LogP contribution < -0.4 is 10.1 Å². The lowest BCUT2D eigenvalue weighted by Gasteiger charge is -2.07. The fourth-order valence-electron chi connectivity index (χ4n) is 2.86. The highest BCUT2D eigenvalue weighted by molar-refractivity contribution is 7.14. The van der Waals surface area contributed by atoms with E-state index in [1.807, 2.05) is 13.8 Å². The van der Waals surface area contributed by atoms with Crippen LogP contribution in [0.2, 0.25) is 0 Å². The number of hydrogen-bond donors (Lipinski definition) is 1. The number of nitrogens with zero attached hydrogens (tertiary/aromatic N) is 2. The molecule has 6 nitrogen and oxygen atoms in total. The number of benzene rings is 2. The maximum absolute atomic E-state index is 13.9. The topological polar surface area (TPSA) is 77.2 Å². The number of ether oxygens (including phenoxy) is 1. The van der Waals surface area contributed by atoms with Crippen molar-refractivity contribution in [3.63, 3.8) is 0 Å². The first-order valence-electron chi connectivity index (χ1n) is 9.17. The van der Waals surface area contributed by atoms with Gasteiger partial charge in [0.05, 0.1) is 17.0 Å². The Kier molecular flexibility index (Phi) is 5.58. The Bertz CT molecular complexity index is 1170. The molecule has 0 aliphatic rings. The molecule has 1 N–H and O–H groups in total. The molecule has 0 spiro atoms. The molecule has 0 radical (unpaired) electrons. The quantitative estimate of drug-likeness (QED) is 0.450. The van der Waals surface area contributed by atoms with Gasteiger partial charge in [0, 0.05) is 16.5 Å². The molecule has 2 aromatic heterocycles. The van der Waals surface area contributed by atoms with E-state index in [1.165, 1.54) is 17.4 Å². The zero-order valence-corrected chi connectivity index (χ0v) is 17.1.